The average Bonchev–Trinajstić information content (AvgIpc) is 2.85. The Morgan fingerprint density at radius 3 is 3.05 bits per heavy atom. The minimum Gasteiger partial charge on any atom is -0.394 e. The second kappa shape index (κ2) is 6.74. The highest BCUT2D eigenvalue weighted by molar-refractivity contribution is 5.88. The number of nitrogens with zero attached hydrogens (tertiary/aromatic N) is 3. The fourth-order valence-electron chi connectivity index (χ4n) is 2.57. The average molecular weight is 280 g/mol. The Hall–Kier alpha value is -1.56. The van der Waals surface area contributed by atoms with Crippen LogP contribution in [0.15, 0.2) is 12.3 Å². The van der Waals surface area contributed by atoms with Crippen LogP contribution in [0.1, 0.15) is 33.1 Å². The number of piperidine rings is 1. The molecule has 20 heavy (non-hydrogen) atoms. The molecule has 0 unspecified atom stereocenters. The lowest BCUT2D eigenvalue weighted by Gasteiger charge is -2.34. The van der Waals surface area contributed by atoms with Gasteiger partial charge in [0.15, 0.2) is 0 Å². The number of nitrogens with one attached hydrogen (secondary N) is 1. The molecule has 6 heteroatoms. The van der Waals surface area contributed by atoms with Gasteiger partial charge in [0.05, 0.1) is 18.8 Å². The van der Waals surface area contributed by atoms with E-state index in [0.29, 0.717) is 18.3 Å². The first kappa shape index (κ1) is 14.8. The second-order valence-corrected chi connectivity index (χ2v) is 5.75. The zero-order valence-corrected chi connectivity index (χ0v) is 12.2. The molecular formula is C14H24N4O2. The zero-order valence-electron chi connectivity index (χ0n) is 12.2. The summed E-state index contributed by atoms with van der Waals surface area (Å²) in [6.45, 7) is 5.72. The molecule has 2 N–H and O–H groups in total. The Kier molecular flexibility index (Phi) is 5.00. The number of aromatic nitrogens is 2. The summed E-state index contributed by atoms with van der Waals surface area (Å²) in [7, 11) is 0. The van der Waals surface area contributed by atoms with Crippen molar-refractivity contribution in [2.75, 3.05) is 18.5 Å². The maximum Gasteiger partial charge on any atom is 0.323 e. The lowest BCUT2D eigenvalue weighted by Crippen LogP contribution is -2.47. The normalized spacial score (nSPS) is 19.4. The number of hydrogen-bond donors (Lipinski definition) is 2. The molecule has 0 aliphatic carbocycles. The molecule has 2 amide bonds. The van der Waals surface area contributed by atoms with Gasteiger partial charge in [-0.15, -0.1) is 0 Å². The molecular weight excluding hydrogens is 256 g/mol. The van der Waals surface area contributed by atoms with Crippen LogP contribution in [0.5, 0.6) is 0 Å². The first-order chi connectivity index (χ1) is 9.61. The van der Waals surface area contributed by atoms with E-state index in [1.807, 2.05) is 0 Å². The lowest BCUT2D eigenvalue weighted by molar-refractivity contribution is 0.115. The summed E-state index contributed by atoms with van der Waals surface area (Å²) in [5, 5.41) is 16.5. The Labute approximate surface area is 119 Å². The number of carbonyl (C=O) groups is 1. The summed E-state index contributed by atoms with van der Waals surface area (Å²) in [6.07, 6.45) is 4.63. The molecule has 112 valence electrons. The molecule has 2 heterocycles. The van der Waals surface area contributed by atoms with Gasteiger partial charge < -0.3 is 10.0 Å². The highest BCUT2D eigenvalue weighted by Gasteiger charge is 2.26. The number of aliphatic hydroxyl groups excluding tert-OH is 1. The Bertz CT molecular complexity index is 444. The van der Waals surface area contributed by atoms with Gasteiger partial charge in [-0.25, -0.2) is 9.48 Å². The van der Waals surface area contributed by atoms with E-state index in [2.05, 4.69) is 24.3 Å². The third-order valence-corrected chi connectivity index (χ3v) is 3.59. The van der Waals surface area contributed by atoms with Gasteiger partial charge in [0.2, 0.25) is 0 Å². The molecule has 1 saturated heterocycles. The van der Waals surface area contributed by atoms with E-state index >= 15 is 0 Å². The molecule has 6 nitrogen and oxygen atoms in total. The van der Waals surface area contributed by atoms with Gasteiger partial charge >= 0.3 is 6.03 Å². The smallest absolute Gasteiger partial charge is 0.323 e. The number of carbonyl (C=O) groups excluding carboxylic acids is 1. The van der Waals surface area contributed by atoms with Gasteiger partial charge in [-0.1, -0.05) is 13.8 Å². The van der Waals surface area contributed by atoms with E-state index in [9.17, 15) is 9.90 Å². The molecule has 1 fully saturated rings. The minimum absolute atomic E-state index is 0.0265. The summed E-state index contributed by atoms with van der Waals surface area (Å²) in [6, 6.07) is 1.59. The van der Waals surface area contributed by atoms with Crippen molar-refractivity contribution >= 4 is 11.8 Å². The van der Waals surface area contributed by atoms with Crippen molar-refractivity contribution in [3.05, 3.63) is 12.3 Å². The van der Waals surface area contributed by atoms with E-state index in [0.717, 1.165) is 25.8 Å². The largest absolute Gasteiger partial charge is 0.394 e. The van der Waals surface area contributed by atoms with Gasteiger partial charge in [-0.05, 0) is 25.2 Å². The van der Waals surface area contributed by atoms with E-state index in [-0.39, 0.29) is 18.7 Å². The molecule has 0 radical (unpaired) electrons. The summed E-state index contributed by atoms with van der Waals surface area (Å²) < 4.78 is 1.81. The summed E-state index contributed by atoms with van der Waals surface area (Å²) >= 11 is 0. The third-order valence-electron chi connectivity index (χ3n) is 3.59. The highest BCUT2D eigenvalue weighted by atomic mass is 16.3. The maximum absolute atomic E-state index is 12.3. The number of anilines is 1. The van der Waals surface area contributed by atoms with Crippen molar-refractivity contribution < 1.29 is 9.90 Å². The van der Waals surface area contributed by atoms with Crippen molar-refractivity contribution in [1.29, 1.82) is 0 Å². The number of urea groups is 1. The van der Waals surface area contributed by atoms with Crippen molar-refractivity contribution in [2.45, 2.75) is 45.7 Å². The summed E-state index contributed by atoms with van der Waals surface area (Å²) in [4.78, 5) is 14.1. The van der Waals surface area contributed by atoms with Gasteiger partial charge in [-0.3, -0.25) is 5.32 Å². The van der Waals surface area contributed by atoms with E-state index in [4.69, 9.17) is 0 Å². The predicted octanol–water partition coefficient (Wildman–Crippen LogP) is 1.92. The predicted molar refractivity (Wildman–Crippen MR) is 77.5 cm³/mol. The fourth-order valence-corrected chi connectivity index (χ4v) is 2.57. The molecule has 0 bridgehead atoms. The van der Waals surface area contributed by atoms with Crippen molar-refractivity contribution in [2.24, 2.45) is 5.92 Å². The Morgan fingerprint density at radius 1 is 1.55 bits per heavy atom. The second-order valence-electron chi connectivity index (χ2n) is 5.75. The quantitative estimate of drug-likeness (QED) is 0.885. The topological polar surface area (TPSA) is 70.4 Å². The lowest BCUT2D eigenvalue weighted by atomic mass is 10.0. The van der Waals surface area contributed by atoms with E-state index < -0.39 is 0 Å². The van der Waals surface area contributed by atoms with E-state index in [1.54, 1.807) is 21.8 Å². The van der Waals surface area contributed by atoms with Crippen molar-refractivity contribution in [3.8, 4) is 0 Å². The van der Waals surface area contributed by atoms with Crippen LogP contribution in [0, 0.1) is 5.92 Å². The molecule has 1 aromatic heterocycles. The Morgan fingerprint density at radius 2 is 2.35 bits per heavy atom. The van der Waals surface area contributed by atoms with Crippen LogP contribution in [0.4, 0.5) is 10.6 Å². The number of likely N-dealkylation sites (tertiary alicyclic amines) is 1. The molecule has 0 spiro atoms. The van der Waals surface area contributed by atoms with Crippen LogP contribution in [-0.4, -0.2) is 45.0 Å². The summed E-state index contributed by atoms with van der Waals surface area (Å²) in [5.41, 5.74) is 0. The van der Waals surface area contributed by atoms with Crippen LogP contribution in [0.25, 0.3) is 0 Å². The molecule has 0 aromatic carbocycles. The summed E-state index contributed by atoms with van der Waals surface area (Å²) in [5.74, 6) is 1.18. The van der Waals surface area contributed by atoms with Gasteiger partial charge in [0, 0.05) is 19.2 Å². The standard InChI is InChI=1S/C14H24N4O2/c1-11(2)9-18-13(6-7-15-18)16-14(20)17-8-4-3-5-12(17)10-19/h6-7,11-12,19H,3-5,8-10H2,1-2H3,(H,16,20)/t12-/m1/s1. The molecule has 1 atom stereocenters. The molecule has 1 aliphatic heterocycles. The number of aliphatic hydroxyl groups is 1. The fraction of sp³-hybridized carbons (Fsp3) is 0.714. The third kappa shape index (κ3) is 3.50. The van der Waals surface area contributed by atoms with Crippen LogP contribution in [-0.2, 0) is 6.54 Å². The van der Waals surface area contributed by atoms with Crippen molar-refractivity contribution in [1.82, 2.24) is 14.7 Å². The number of rotatable bonds is 4. The minimum atomic E-state index is -0.144. The van der Waals surface area contributed by atoms with Gasteiger partial charge in [-0.2, -0.15) is 5.10 Å². The first-order valence-corrected chi connectivity index (χ1v) is 7.32. The van der Waals surface area contributed by atoms with Crippen LogP contribution in [0.3, 0.4) is 0 Å². The number of hydrogen-bond acceptors (Lipinski definition) is 3. The Balaban J connectivity index is 2.01. The number of amides is 2. The molecule has 1 aromatic rings. The van der Waals surface area contributed by atoms with Gasteiger partial charge in [0.1, 0.15) is 5.82 Å². The maximum atomic E-state index is 12.3. The molecule has 1 aliphatic rings. The first-order valence-electron chi connectivity index (χ1n) is 7.32. The van der Waals surface area contributed by atoms with Gasteiger partial charge in [0.25, 0.3) is 0 Å². The zero-order chi connectivity index (χ0) is 14.5. The van der Waals surface area contributed by atoms with Crippen LogP contribution in [0.2, 0.25) is 0 Å². The monoisotopic (exact) mass is 280 g/mol. The van der Waals surface area contributed by atoms with Crippen LogP contribution < -0.4 is 5.32 Å². The highest BCUT2D eigenvalue weighted by Crippen LogP contribution is 2.18. The van der Waals surface area contributed by atoms with E-state index in [1.165, 1.54) is 0 Å². The molecule has 2 rings (SSSR count). The SMILES string of the molecule is CC(C)Cn1nccc1NC(=O)N1CCCC[C@@H]1CO. The molecule has 0 saturated carbocycles. The van der Waals surface area contributed by atoms with Crippen LogP contribution >= 0.6 is 0 Å². The van der Waals surface area contributed by atoms with Crippen molar-refractivity contribution in [3.63, 3.8) is 0 Å².